The fourth-order valence-electron chi connectivity index (χ4n) is 6.11. The molecule has 2 aliphatic rings. The van der Waals surface area contributed by atoms with E-state index in [4.69, 9.17) is 9.40 Å². The van der Waals surface area contributed by atoms with Crippen molar-refractivity contribution in [3.8, 4) is 11.1 Å². The summed E-state index contributed by atoms with van der Waals surface area (Å²) >= 11 is 0. The van der Waals surface area contributed by atoms with Crippen molar-refractivity contribution in [2.24, 2.45) is 0 Å². The Kier molecular flexibility index (Phi) is 8.74. The monoisotopic (exact) mass is 592 g/mol. The summed E-state index contributed by atoms with van der Waals surface area (Å²) in [6, 6.07) is 17.5. The van der Waals surface area contributed by atoms with Gasteiger partial charge in [0.25, 0.3) is 0 Å². The molecule has 0 atom stereocenters. The first-order valence-corrected chi connectivity index (χ1v) is 15.7. The first kappa shape index (κ1) is 29.6. The van der Waals surface area contributed by atoms with E-state index >= 15 is 0 Å². The van der Waals surface area contributed by atoms with Crippen molar-refractivity contribution in [2.45, 2.75) is 58.9 Å². The molecule has 0 bridgehead atoms. The molecular formula is C35H40N6O3. The third-order valence-corrected chi connectivity index (χ3v) is 8.25. The summed E-state index contributed by atoms with van der Waals surface area (Å²) < 4.78 is 8.31. The number of Topliss-reactive ketones (excluding diaryl/α,β-unsaturated/α-hetero) is 1. The number of anilines is 3. The number of nitrogens with one attached hydrogen (secondary N) is 2. The third kappa shape index (κ3) is 6.10. The van der Waals surface area contributed by atoms with E-state index in [-0.39, 0.29) is 11.2 Å². The van der Waals surface area contributed by atoms with Gasteiger partial charge in [0.1, 0.15) is 11.2 Å². The topological polar surface area (TPSA) is 105 Å². The Morgan fingerprint density at radius 2 is 1.70 bits per heavy atom. The van der Waals surface area contributed by atoms with Crippen molar-refractivity contribution in [3.05, 3.63) is 76.7 Å². The molecular weight excluding hydrogens is 552 g/mol. The van der Waals surface area contributed by atoms with Gasteiger partial charge in [0, 0.05) is 62.5 Å². The summed E-state index contributed by atoms with van der Waals surface area (Å²) in [6.07, 6.45) is 7.51. The molecule has 2 fully saturated rings. The van der Waals surface area contributed by atoms with Crippen molar-refractivity contribution in [3.63, 3.8) is 0 Å². The number of benzene rings is 2. The van der Waals surface area contributed by atoms with Gasteiger partial charge >= 0.3 is 0 Å². The van der Waals surface area contributed by atoms with Crippen molar-refractivity contribution in [2.75, 3.05) is 36.4 Å². The van der Waals surface area contributed by atoms with E-state index in [9.17, 15) is 9.59 Å². The van der Waals surface area contributed by atoms with Crippen molar-refractivity contribution < 1.29 is 9.21 Å². The zero-order valence-electron chi connectivity index (χ0n) is 25.7. The SMILES string of the molecule is CC(=O)c1cc2cnc(Nc3ccc(-c4ccc5c(=O)cc(N6CCNCC6)oc5c4)cc3)nc2n1C1CCCC1.CCC. The maximum absolute atomic E-state index is 12.8. The van der Waals surface area contributed by atoms with Gasteiger partial charge in [0.2, 0.25) is 5.95 Å². The van der Waals surface area contributed by atoms with Crippen molar-refractivity contribution >= 4 is 45.3 Å². The van der Waals surface area contributed by atoms with Gasteiger partial charge in [0.05, 0.1) is 11.1 Å². The van der Waals surface area contributed by atoms with E-state index in [1.54, 1.807) is 19.2 Å². The summed E-state index contributed by atoms with van der Waals surface area (Å²) in [5, 5.41) is 8.10. The molecule has 44 heavy (non-hydrogen) atoms. The molecule has 0 radical (unpaired) electrons. The fraction of sp³-hybridized carbons (Fsp3) is 0.371. The van der Waals surface area contributed by atoms with Crippen LogP contribution < -0.4 is 21.0 Å². The van der Waals surface area contributed by atoms with Gasteiger partial charge in [0.15, 0.2) is 17.1 Å². The van der Waals surface area contributed by atoms with E-state index in [0.29, 0.717) is 34.5 Å². The van der Waals surface area contributed by atoms with Gasteiger partial charge in [-0.2, -0.15) is 4.98 Å². The van der Waals surface area contributed by atoms with Crippen LogP contribution >= 0.6 is 0 Å². The Balaban J connectivity index is 0.00000110. The average molecular weight is 593 g/mol. The van der Waals surface area contributed by atoms with E-state index in [0.717, 1.165) is 66.9 Å². The number of aromatic nitrogens is 3. The number of fused-ring (bicyclic) bond motifs is 2. The normalized spacial score (nSPS) is 15.4. The lowest BCUT2D eigenvalue weighted by atomic mass is 10.0. The molecule has 2 aromatic carbocycles. The third-order valence-electron chi connectivity index (χ3n) is 8.25. The molecule has 0 amide bonds. The summed E-state index contributed by atoms with van der Waals surface area (Å²) in [7, 11) is 0. The molecule has 5 aromatic rings. The maximum Gasteiger partial charge on any atom is 0.229 e. The fourth-order valence-corrected chi connectivity index (χ4v) is 6.11. The van der Waals surface area contributed by atoms with Crippen LogP contribution in [0, 0.1) is 0 Å². The second-order valence-electron chi connectivity index (χ2n) is 11.7. The number of nitrogens with zero attached hydrogens (tertiary/aromatic N) is 4. The minimum atomic E-state index is -0.0302. The van der Waals surface area contributed by atoms with E-state index in [2.05, 4.69) is 38.9 Å². The predicted molar refractivity (Wildman–Crippen MR) is 177 cm³/mol. The molecule has 1 aliphatic heterocycles. The maximum atomic E-state index is 12.8. The number of rotatable bonds is 6. The highest BCUT2D eigenvalue weighted by atomic mass is 16.4. The van der Waals surface area contributed by atoms with Crippen LogP contribution in [0.2, 0.25) is 0 Å². The minimum absolute atomic E-state index is 0.0302. The van der Waals surface area contributed by atoms with Gasteiger partial charge in [-0.3, -0.25) is 9.59 Å². The number of carbonyl (C=O) groups is 1. The molecule has 0 spiro atoms. The molecule has 1 saturated heterocycles. The average Bonchev–Trinajstić information content (AvgIpc) is 3.70. The predicted octanol–water partition coefficient (Wildman–Crippen LogP) is 7.09. The lowest BCUT2D eigenvalue weighted by Crippen LogP contribution is -2.43. The van der Waals surface area contributed by atoms with E-state index in [1.807, 2.05) is 48.5 Å². The first-order chi connectivity index (χ1) is 21.4. The summed E-state index contributed by atoms with van der Waals surface area (Å²) in [6.45, 7) is 9.22. The van der Waals surface area contributed by atoms with Gasteiger partial charge in [-0.05, 0) is 54.3 Å². The number of piperazine rings is 1. The lowest BCUT2D eigenvalue weighted by molar-refractivity contribution is 0.100. The van der Waals surface area contributed by atoms with Gasteiger partial charge in [-0.15, -0.1) is 0 Å². The van der Waals surface area contributed by atoms with Crippen LogP contribution in [0.4, 0.5) is 17.5 Å². The number of hydrogen-bond donors (Lipinski definition) is 2. The van der Waals surface area contributed by atoms with Gasteiger partial charge in [-0.25, -0.2) is 4.98 Å². The lowest BCUT2D eigenvalue weighted by Gasteiger charge is -2.27. The van der Waals surface area contributed by atoms with Crippen LogP contribution in [0.25, 0.3) is 33.1 Å². The molecule has 9 heteroatoms. The standard InChI is InChI=1S/C32H32N6O3.C3H8/c1-20(39)27-16-23-19-34-32(36-31(23)38(27)25-4-2-3-5-25)35-24-9-6-21(7-10-24)22-8-11-26-28(40)18-30(41-29(26)17-22)37-14-12-33-13-15-37;1-3-2/h6-11,16-19,25,33H,2-5,12-15H2,1H3,(H,34,35,36);3H2,1-2H3. The molecule has 1 saturated carbocycles. The highest BCUT2D eigenvalue weighted by molar-refractivity contribution is 5.98. The Bertz CT molecular complexity index is 1830. The van der Waals surface area contributed by atoms with Gasteiger partial charge in [-0.1, -0.05) is 51.3 Å². The molecule has 2 N–H and O–H groups in total. The van der Waals surface area contributed by atoms with Gasteiger partial charge < -0.3 is 24.5 Å². The zero-order valence-corrected chi connectivity index (χ0v) is 25.7. The second-order valence-corrected chi connectivity index (χ2v) is 11.7. The molecule has 7 rings (SSSR count). The van der Waals surface area contributed by atoms with Crippen LogP contribution in [0.5, 0.6) is 0 Å². The number of carbonyl (C=O) groups excluding carboxylic acids is 1. The minimum Gasteiger partial charge on any atom is -0.440 e. The molecule has 0 unspecified atom stereocenters. The summed E-state index contributed by atoms with van der Waals surface area (Å²) in [5.74, 6) is 1.16. The summed E-state index contributed by atoms with van der Waals surface area (Å²) in [4.78, 5) is 36.6. The molecule has 4 heterocycles. The molecule has 9 nitrogen and oxygen atoms in total. The number of ketones is 1. The van der Waals surface area contributed by atoms with Crippen LogP contribution in [-0.4, -0.2) is 46.5 Å². The van der Waals surface area contributed by atoms with E-state index in [1.165, 1.54) is 19.3 Å². The largest absolute Gasteiger partial charge is 0.440 e. The summed E-state index contributed by atoms with van der Waals surface area (Å²) in [5.41, 5.74) is 4.88. The Hall–Kier alpha value is -4.50. The van der Waals surface area contributed by atoms with E-state index < -0.39 is 0 Å². The molecule has 228 valence electrons. The Morgan fingerprint density at radius 1 is 1.00 bits per heavy atom. The Morgan fingerprint density at radius 3 is 2.41 bits per heavy atom. The van der Waals surface area contributed by atoms with Crippen LogP contribution in [0.1, 0.15) is 69.4 Å². The highest BCUT2D eigenvalue weighted by Crippen LogP contribution is 2.35. The van der Waals surface area contributed by atoms with Crippen LogP contribution in [0.15, 0.2) is 70.0 Å². The first-order valence-electron chi connectivity index (χ1n) is 15.7. The molecule has 1 aliphatic carbocycles. The quantitative estimate of drug-likeness (QED) is 0.201. The highest BCUT2D eigenvalue weighted by Gasteiger charge is 2.24. The second kappa shape index (κ2) is 13.0. The smallest absolute Gasteiger partial charge is 0.229 e. The van der Waals surface area contributed by atoms with Crippen LogP contribution in [-0.2, 0) is 0 Å². The molecule has 3 aromatic heterocycles. The van der Waals surface area contributed by atoms with Crippen LogP contribution in [0.3, 0.4) is 0 Å². The Labute approximate surface area is 257 Å². The number of hydrogen-bond acceptors (Lipinski definition) is 8. The van der Waals surface area contributed by atoms with Crippen molar-refractivity contribution in [1.82, 2.24) is 19.9 Å². The zero-order chi connectivity index (χ0) is 30.6. The van der Waals surface area contributed by atoms with Crippen molar-refractivity contribution in [1.29, 1.82) is 0 Å².